The van der Waals surface area contributed by atoms with Crippen molar-refractivity contribution >= 4 is 15.9 Å². The molecule has 0 aromatic heterocycles. The molecular weight excluding hydrogens is 209 g/mol. The highest BCUT2D eigenvalue weighted by atomic mass is 79.9. The Kier molecular flexibility index (Phi) is 3.02. The van der Waals surface area contributed by atoms with E-state index in [0.29, 0.717) is 0 Å². The normalized spacial score (nSPS) is 13.0. The summed E-state index contributed by atoms with van der Waals surface area (Å²) in [6.07, 6.45) is 0.722. The van der Waals surface area contributed by atoms with E-state index in [-0.39, 0.29) is 10.8 Å². The van der Waals surface area contributed by atoms with E-state index in [1.807, 2.05) is 0 Å². The highest BCUT2D eigenvalue weighted by Gasteiger charge is 1.98. The third-order valence-electron chi connectivity index (χ3n) is 1.34. The summed E-state index contributed by atoms with van der Waals surface area (Å²) in [5.41, 5.74) is 6.52. The zero-order valence-corrected chi connectivity index (χ0v) is 7.51. The van der Waals surface area contributed by atoms with Crippen LogP contribution in [0, 0.1) is 5.82 Å². The molecule has 1 atom stereocenters. The van der Waals surface area contributed by atoms with Crippen LogP contribution in [0.3, 0.4) is 0 Å². The lowest BCUT2D eigenvalue weighted by Crippen LogP contribution is -2.13. The quantitative estimate of drug-likeness (QED) is 0.596. The van der Waals surface area contributed by atoms with Gasteiger partial charge in [0, 0.05) is 0 Å². The van der Waals surface area contributed by atoms with E-state index in [4.69, 9.17) is 5.73 Å². The van der Waals surface area contributed by atoms with Gasteiger partial charge in [-0.1, -0.05) is 28.1 Å². The molecule has 0 fully saturated rings. The van der Waals surface area contributed by atoms with Gasteiger partial charge < -0.3 is 5.73 Å². The smallest absolute Gasteiger partial charge is 0.123 e. The number of hydrogen-bond acceptors (Lipinski definition) is 1. The van der Waals surface area contributed by atoms with E-state index in [9.17, 15) is 4.39 Å². The number of hydrogen-bond donors (Lipinski definition) is 1. The molecule has 1 unspecified atom stereocenters. The highest BCUT2D eigenvalue weighted by Crippen LogP contribution is 2.06. The van der Waals surface area contributed by atoms with E-state index in [0.717, 1.165) is 12.0 Å². The van der Waals surface area contributed by atoms with Crippen LogP contribution < -0.4 is 5.73 Å². The van der Waals surface area contributed by atoms with Crippen molar-refractivity contribution in [1.82, 2.24) is 0 Å². The standard InChI is InChI=1S/C8H9BrFN/c9-8(11)5-6-1-3-7(10)4-2-6/h1-4,8H,5,11H2. The molecule has 1 nitrogen and oxygen atoms in total. The molecule has 1 rings (SSSR count). The average Bonchev–Trinajstić information content (AvgIpc) is 1.93. The van der Waals surface area contributed by atoms with Crippen LogP contribution >= 0.6 is 15.9 Å². The van der Waals surface area contributed by atoms with Crippen LogP contribution in [-0.2, 0) is 6.42 Å². The van der Waals surface area contributed by atoms with Crippen LogP contribution in [0.15, 0.2) is 24.3 Å². The lowest BCUT2D eigenvalue weighted by molar-refractivity contribution is 0.627. The summed E-state index contributed by atoms with van der Waals surface area (Å²) in [4.78, 5) is -0.0482. The maximum absolute atomic E-state index is 12.4. The first-order valence-electron chi connectivity index (χ1n) is 3.32. The highest BCUT2D eigenvalue weighted by molar-refractivity contribution is 9.09. The molecule has 1 aromatic carbocycles. The minimum atomic E-state index is -0.211. The second-order valence-electron chi connectivity index (χ2n) is 2.35. The SMILES string of the molecule is NC(Br)Cc1ccc(F)cc1. The molecule has 0 heterocycles. The van der Waals surface area contributed by atoms with Crippen LogP contribution in [0.4, 0.5) is 4.39 Å². The summed E-state index contributed by atoms with van der Waals surface area (Å²) in [7, 11) is 0. The van der Waals surface area contributed by atoms with Crippen molar-refractivity contribution in [2.75, 3.05) is 0 Å². The lowest BCUT2D eigenvalue weighted by Gasteiger charge is -2.02. The van der Waals surface area contributed by atoms with Crippen molar-refractivity contribution in [1.29, 1.82) is 0 Å². The predicted molar refractivity (Wildman–Crippen MR) is 47.0 cm³/mol. The van der Waals surface area contributed by atoms with E-state index < -0.39 is 0 Å². The van der Waals surface area contributed by atoms with Crippen LogP contribution in [-0.4, -0.2) is 4.95 Å². The molecule has 0 bridgehead atoms. The van der Waals surface area contributed by atoms with Crippen LogP contribution in [0.5, 0.6) is 0 Å². The molecule has 0 amide bonds. The maximum Gasteiger partial charge on any atom is 0.123 e. The van der Waals surface area contributed by atoms with Crippen LogP contribution in [0.2, 0.25) is 0 Å². The summed E-state index contributed by atoms with van der Waals surface area (Å²) in [6, 6.07) is 6.34. The Morgan fingerprint density at radius 2 is 1.91 bits per heavy atom. The van der Waals surface area contributed by atoms with Gasteiger partial charge in [-0.15, -0.1) is 0 Å². The Balaban J connectivity index is 2.66. The summed E-state index contributed by atoms with van der Waals surface area (Å²) < 4.78 is 12.4. The van der Waals surface area contributed by atoms with Gasteiger partial charge in [-0.2, -0.15) is 0 Å². The fourth-order valence-corrected chi connectivity index (χ4v) is 1.22. The average molecular weight is 218 g/mol. The lowest BCUT2D eigenvalue weighted by atomic mass is 10.1. The van der Waals surface area contributed by atoms with Gasteiger partial charge in [-0.05, 0) is 24.1 Å². The molecule has 0 aliphatic heterocycles. The largest absolute Gasteiger partial charge is 0.319 e. The molecule has 0 aliphatic rings. The first kappa shape index (κ1) is 8.68. The molecule has 0 radical (unpaired) electrons. The van der Waals surface area contributed by atoms with Gasteiger partial charge in [0.25, 0.3) is 0 Å². The minimum absolute atomic E-state index is 0.0482. The second-order valence-corrected chi connectivity index (χ2v) is 3.52. The third-order valence-corrected chi connectivity index (χ3v) is 1.67. The Morgan fingerprint density at radius 3 is 2.36 bits per heavy atom. The van der Waals surface area contributed by atoms with Crippen LogP contribution in [0.25, 0.3) is 0 Å². The molecule has 3 heteroatoms. The molecule has 0 spiro atoms. The van der Waals surface area contributed by atoms with Crippen molar-refractivity contribution in [3.63, 3.8) is 0 Å². The Hall–Kier alpha value is -0.410. The zero-order valence-electron chi connectivity index (χ0n) is 5.93. The third kappa shape index (κ3) is 2.99. The molecule has 60 valence electrons. The molecular formula is C8H9BrFN. The maximum atomic E-state index is 12.4. The Bertz CT molecular complexity index is 220. The molecule has 11 heavy (non-hydrogen) atoms. The molecule has 1 aromatic rings. The first-order valence-corrected chi connectivity index (χ1v) is 4.24. The number of benzene rings is 1. The van der Waals surface area contributed by atoms with Gasteiger partial charge in [-0.25, -0.2) is 4.39 Å². The minimum Gasteiger partial charge on any atom is -0.319 e. The van der Waals surface area contributed by atoms with Gasteiger partial charge in [0.1, 0.15) is 5.82 Å². The van der Waals surface area contributed by atoms with E-state index in [2.05, 4.69) is 15.9 Å². The zero-order chi connectivity index (χ0) is 8.27. The van der Waals surface area contributed by atoms with Crippen molar-refractivity contribution in [3.8, 4) is 0 Å². The second kappa shape index (κ2) is 3.83. The fraction of sp³-hybridized carbons (Fsp3) is 0.250. The number of rotatable bonds is 2. The van der Waals surface area contributed by atoms with Gasteiger partial charge in [0.15, 0.2) is 0 Å². The monoisotopic (exact) mass is 217 g/mol. The van der Waals surface area contributed by atoms with Gasteiger partial charge in [-0.3, -0.25) is 0 Å². The molecule has 0 aliphatic carbocycles. The van der Waals surface area contributed by atoms with Gasteiger partial charge in [0.05, 0.1) is 4.95 Å². The first-order chi connectivity index (χ1) is 5.18. The van der Waals surface area contributed by atoms with Gasteiger partial charge in [0.2, 0.25) is 0 Å². The summed E-state index contributed by atoms with van der Waals surface area (Å²) in [6.45, 7) is 0. The summed E-state index contributed by atoms with van der Waals surface area (Å²) in [5, 5.41) is 0. The molecule has 2 N–H and O–H groups in total. The predicted octanol–water partition coefficient (Wildman–Crippen LogP) is 2.05. The Morgan fingerprint density at radius 1 is 1.36 bits per heavy atom. The number of nitrogens with two attached hydrogens (primary N) is 1. The fourth-order valence-electron chi connectivity index (χ4n) is 0.846. The van der Waals surface area contributed by atoms with Gasteiger partial charge >= 0.3 is 0 Å². The van der Waals surface area contributed by atoms with Crippen molar-refractivity contribution < 1.29 is 4.39 Å². The van der Waals surface area contributed by atoms with E-state index in [1.54, 1.807) is 12.1 Å². The molecule has 0 saturated carbocycles. The van der Waals surface area contributed by atoms with E-state index >= 15 is 0 Å². The number of alkyl halides is 1. The van der Waals surface area contributed by atoms with Crippen LogP contribution in [0.1, 0.15) is 5.56 Å². The van der Waals surface area contributed by atoms with Crippen molar-refractivity contribution in [2.45, 2.75) is 11.4 Å². The van der Waals surface area contributed by atoms with Crippen molar-refractivity contribution in [3.05, 3.63) is 35.6 Å². The number of halogens is 2. The molecule has 0 saturated heterocycles. The Labute approximate surface area is 73.5 Å². The van der Waals surface area contributed by atoms with E-state index in [1.165, 1.54) is 12.1 Å². The summed E-state index contributed by atoms with van der Waals surface area (Å²) in [5.74, 6) is -0.211. The summed E-state index contributed by atoms with van der Waals surface area (Å²) >= 11 is 3.21. The topological polar surface area (TPSA) is 26.0 Å². The van der Waals surface area contributed by atoms with Crippen molar-refractivity contribution in [2.24, 2.45) is 5.73 Å².